The molecule has 0 aliphatic carbocycles. The summed E-state index contributed by atoms with van der Waals surface area (Å²) >= 11 is 0. The van der Waals surface area contributed by atoms with Crippen molar-refractivity contribution >= 4 is 12.2 Å². The van der Waals surface area contributed by atoms with Crippen molar-refractivity contribution in [3.8, 4) is 0 Å². The quantitative estimate of drug-likeness (QED) is 0.238. The first-order valence-electron chi connectivity index (χ1n) is 9.46. The van der Waals surface area contributed by atoms with Crippen LogP contribution in [-0.2, 0) is 0 Å². The first-order valence-corrected chi connectivity index (χ1v) is 9.46. The fraction of sp³-hybridized carbons (Fsp3) is 0.280. The van der Waals surface area contributed by atoms with Crippen LogP contribution in [0.25, 0.3) is 12.2 Å². The lowest BCUT2D eigenvalue weighted by molar-refractivity contribution is 0.666. The number of hydrogen-bond donors (Lipinski definition) is 0. The van der Waals surface area contributed by atoms with E-state index in [1.165, 1.54) is 48.0 Å². The molecule has 0 nitrogen and oxygen atoms in total. The summed E-state index contributed by atoms with van der Waals surface area (Å²) in [4.78, 5) is 0. The van der Waals surface area contributed by atoms with Gasteiger partial charge in [-0.15, -0.1) is 6.58 Å². The van der Waals surface area contributed by atoms with E-state index in [0.29, 0.717) is 0 Å². The van der Waals surface area contributed by atoms with Gasteiger partial charge in [0, 0.05) is 0 Å². The van der Waals surface area contributed by atoms with Crippen molar-refractivity contribution in [2.24, 2.45) is 0 Å². The smallest absolute Gasteiger partial charge is 0.00972 e. The van der Waals surface area contributed by atoms with Crippen LogP contribution in [-0.4, -0.2) is 0 Å². The third kappa shape index (κ3) is 6.97. The van der Waals surface area contributed by atoms with Crippen LogP contribution in [0, 0.1) is 0 Å². The number of unbranched alkanes of at least 4 members (excludes halogenated alkanes) is 3. The van der Waals surface area contributed by atoms with Gasteiger partial charge >= 0.3 is 0 Å². The van der Waals surface area contributed by atoms with Crippen LogP contribution in [0.4, 0.5) is 0 Å². The van der Waals surface area contributed by atoms with E-state index in [1.54, 1.807) is 0 Å². The van der Waals surface area contributed by atoms with Gasteiger partial charge in [-0.1, -0.05) is 105 Å². The van der Waals surface area contributed by atoms with Crippen molar-refractivity contribution in [3.63, 3.8) is 0 Å². The van der Waals surface area contributed by atoms with Crippen LogP contribution in [0.2, 0.25) is 0 Å². The van der Waals surface area contributed by atoms with Crippen LogP contribution < -0.4 is 0 Å². The second kappa shape index (κ2) is 11.3. The normalized spacial score (nSPS) is 12.2. The van der Waals surface area contributed by atoms with Crippen LogP contribution in [0.15, 0.2) is 84.5 Å². The van der Waals surface area contributed by atoms with Gasteiger partial charge in [0.15, 0.2) is 0 Å². The van der Waals surface area contributed by atoms with Gasteiger partial charge in [-0.05, 0) is 41.5 Å². The molecule has 0 N–H and O–H groups in total. The third-order valence-corrected chi connectivity index (χ3v) is 4.36. The molecule has 0 spiro atoms. The summed E-state index contributed by atoms with van der Waals surface area (Å²) < 4.78 is 0. The lowest BCUT2D eigenvalue weighted by Gasteiger charge is -2.12. The van der Waals surface area contributed by atoms with E-state index >= 15 is 0 Å². The average molecular weight is 331 g/mol. The summed E-state index contributed by atoms with van der Waals surface area (Å²) in [6.45, 7) is 6.24. The molecule has 0 saturated carbocycles. The van der Waals surface area contributed by atoms with E-state index in [1.807, 2.05) is 6.08 Å². The second-order valence-corrected chi connectivity index (χ2v) is 6.46. The summed E-state index contributed by atoms with van der Waals surface area (Å²) in [6.07, 6.45) is 13.9. The minimum Gasteiger partial charge on any atom is -0.103 e. The number of hydrogen-bond acceptors (Lipinski definition) is 0. The molecule has 130 valence electrons. The van der Waals surface area contributed by atoms with Crippen molar-refractivity contribution in [2.45, 2.75) is 45.4 Å². The predicted octanol–water partition coefficient (Wildman–Crippen LogP) is 7.70. The van der Waals surface area contributed by atoms with Gasteiger partial charge < -0.3 is 0 Å². The molecule has 2 aromatic carbocycles. The summed E-state index contributed by atoms with van der Waals surface area (Å²) in [5.74, 6) is 0. The molecule has 0 radical (unpaired) electrons. The standard InChI is InChI=1S/C25H30/c1-3-5-6-13-19-25(21-23-17-11-8-12-18-23)24(14-4-2)20-22-15-9-7-10-16-22/h4,7-12,15-18,20-21H,2-3,5-6,13-14,19H2,1H3/b24-20-,25-21+. The molecule has 0 saturated heterocycles. The molecule has 0 aliphatic heterocycles. The van der Waals surface area contributed by atoms with Crippen LogP contribution >= 0.6 is 0 Å². The van der Waals surface area contributed by atoms with Gasteiger partial charge in [0.2, 0.25) is 0 Å². The molecule has 0 bridgehead atoms. The van der Waals surface area contributed by atoms with E-state index in [0.717, 1.165) is 12.8 Å². The minimum absolute atomic E-state index is 0.904. The van der Waals surface area contributed by atoms with Crippen molar-refractivity contribution in [2.75, 3.05) is 0 Å². The molecular formula is C25H30. The number of rotatable bonds is 10. The van der Waals surface area contributed by atoms with Crippen LogP contribution in [0.5, 0.6) is 0 Å². The van der Waals surface area contributed by atoms with Gasteiger partial charge in [-0.2, -0.15) is 0 Å². The highest BCUT2D eigenvalue weighted by molar-refractivity contribution is 5.66. The summed E-state index contributed by atoms with van der Waals surface area (Å²) in [6, 6.07) is 21.2. The molecule has 0 aliphatic rings. The molecule has 2 aromatic rings. The van der Waals surface area contributed by atoms with Crippen molar-refractivity contribution in [1.82, 2.24) is 0 Å². The van der Waals surface area contributed by atoms with Gasteiger partial charge in [-0.3, -0.25) is 0 Å². The Bertz CT molecular complexity index is 674. The molecule has 0 aromatic heterocycles. The van der Waals surface area contributed by atoms with Gasteiger partial charge in [0.25, 0.3) is 0 Å². The molecule has 0 heterocycles. The Morgan fingerprint density at radius 1 is 0.760 bits per heavy atom. The van der Waals surface area contributed by atoms with Crippen molar-refractivity contribution in [3.05, 3.63) is 95.6 Å². The highest BCUT2D eigenvalue weighted by Gasteiger charge is 2.06. The molecule has 0 heteroatoms. The number of allylic oxidation sites excluding steroid dienone is 3. The minimum atomic E-state index is 0.904. The first kappa shape index (κ1) is 19.0. The zero-order valence-corrected chi connectivity index (χ0v) is 15.5. The largest absolute Gasteiger partial charge is 0.103 e. The molecule has 0 fully saturated rings. The third-order valence-electron chi connectivity index (χ3n) is 4.36. The lowest BCUT2D eigenvalue weighted by atomic mass is 9.93. The van der Waals surface area contributed by atoms with Gasteiger partial charge in [0.1, 0.15) is 0 Å². The molecule has 2 rings (SSSR count). The van der Waals surface area contributed by atoms with E-state index in [9.17, 15) is 0 Å². The maximum atomic E-state index is 3.97. The Balaban J connectivity index is 2.30. The molecule has 0 unspecified atom stereocenters. The summed E-state index contributed by atoms with van der Waals surface area (Å²) in [5, 5.41) is 0. The fourth-order valence-electron chi connectivity index (χ4n) is 3.01. The fourth-order valence-corrected chi connectivity index (χ4v) is 3.01. The molecular weight excluding hydrogens is 300 g/mol. The van der Waals surface area contributed by atoms with E-state index < -0.39 is 0 Å². The van der Waals surface area contributed by atoms with E-state index in [2.05, 4.69) is 86.3 Å². The lowest BCUT2D eigenvalue weighted by Crippen LogP contribution is -1.92. The first-order chi connectivity index (χ1) is 12.3. The predicted molar refractivity (Wildman–Crippen MR) is 112 cm³/mol. The molecule has 0 amide bonds. The molecule has 25 heavy (non-hydrogen) atoms. The van der Waals surface area contributed by atoms with Gasteiger partial charge in [0.05, 0.1) is 0 Å². The van der Waals surface area contributed by atoms with E-state index in [-0.39, 0.29) is 0 Å². The zero-order chi connectivity index (χ0) is 17.7. The maximum absolute atomic E-state index is 3.97. The maximum Gasteiger partial charge on any atom is -0.00972 e. The Kier molecular flexibility index (Phi) is 8.55. The summed E-state index contributed by atoms with van der Waals surface area (Å²) in [7, 11) is 0. The monoisotopic (exact) mass is 330 g/mol. The molecule has 0 atom stereocenters. The Labute approximate surface area is 153 Å². The van der Waals surface area contributed by atoms with Crippen molar-refractivity contribution < 1.29 is 0 Å². The Hall–Kier alpha value is -2.34. The Morgan fingerprint density at radius 2 is 1.32 bits per heavy atom. The van der Waals surface area contributed by atoms with Crippen LogP contribution in [0.1, 0.15) is 56.6 Å². The average Bonchev–Trinajstić information content (AvgIpc) is 2.66. The Morgan fingerprint density at radius 3 is 1.84 bits per heavy atom. The SMILES string of the molecule is C=CCC(=C/c1ccccc1)/C(=C/c1ccccc1)CCCCCC. The van der Waals surface area contributed by atoms with Crippen LogP contribution in [0.3, 0.4) is 0 Å². The highest BCUT2D eigenvalue weighted by Crippen LogP contribution is 2.26. The highest BCUT2D eigenvalue weighted by atomic mass is 14.1. The van der Waals surface area contributed by atoms with Crippen molar-refractivity contribution in [1.29, 1.82) is 0 Å². The summed E-state index contributed by atoms with van der Waals surface area (Å²) in [5.41, 5.74) is 5.34. The van der Waals surface area contributed by atoms with Gasteiger partial charge in [-0.25, -0.2) is 0 Å². The second-order valence-electron chi connectivity index (χ2n) is 6.46. The topological polar surface area (TPSA) is 0 Å². The van der Waals surface area contributed by atoms with E-state index in [4.69, 9.17) is 0 Å². The number of benzene rings is 2. The zero-order valence-electron chi connectivity index (χ0n) is 15.5.